The van der Waals surface area contributed by atoms with Gasteiger partial charge in [-0.1, -0.05) is 5.16 Å². The minimum absolute atomic E-state index is 0.0589. The van der Waals surface area contributed by atoms with E-state index in [4.69, 9.17) is 4.52 Å². The zero-order valence-electron chi connectivity index (χ0n) is 14.0. The van der Waals surface area contributed by atoms with E-state index in [2.05, 4.69) is 10.1 Å². The molecule has 3 heterocycles. The van der Waals surface area contributed by atoms with E-state index >= 15 is 0 Å². The molecule has 1 fully saturated rings. The van der Waals surface area contributed by atoms with Crippen LogP contribution in [0.5, 0.6) is 0 Å². The first-order valence-electron chi connectivity index (χ1n) is 8.55. The molecule has 24 heavy (non-hydrogen) atoms. The molecule has 0 bridgehead atoms. The zero-order chi connectivity index (χ0) is 16.8. The smallest absolute Gasteiger partial charge is 0.261 e. The number of hydrogen-bond donors (Lipinski definition) is 1. The number of nitrogens with one attached hydrogen (secondary N) is 1. The van der Waals surface area contributed by atoms with Gasteiger partial charge in [0.15, 0.2) is 0 Å². The molecule has 0 aromatic carbocycles. The van der Waals surface area contributed by atoms with E-state index in [-0.39, 0.29) is 23.1 Å². The van der Waals surface area contributed by atoms with E-state index in [9.17, 15) is 9.59 Å². The van der Waals surface area contributed by atoms with Crippen molar-refractivity contribution in [2.75, 3.05) is 6.54 Å². The van der Waals surface area contributed by atoms with E-state index in [0.717, 1.165) is 60.4 Å². The summed E-state index contributed by atoms with van der Waals surface area (Å²) in [4.78, 5) is 30.1. The Bertz CT molecular complexity index is 845. The summed E-state index contributed by atoms with van der Waals surface area (Å²) in [5.41, 5.74) is 3.88. The second-order valence-corrected chi connectivity index (χ2v) is 6.76. The number of nitrogens with zero attached hydrogens (tertiary/aromatic N) is 2. The molecule has 1 aliphatic carbocycles. The van der Waals surface area contributed by atoms with Gasteiger partial charge in [-0.15, -0.1) is 0 Å². The Balaban J connectivity index is 1.71. The van der Waals surface area contributed by atoms with Crippen molar-refractivity contribution in [1.82, 2.24) is 15.0 Å². The summed E-state index contributed by atoms with van der Waals surface area (Å²) in [5.74, 6) is 0.563. The van der Waals surface area contributed by atoms with Crippen LogP contribution < -0.4 is 5.56 Å². The summed E-state index contributed by atoms with van der Waals surface area (Å²) >= 11 is 0. The fourth-order valence-electron chi connectivity index (χ4n) is 4.10. The maximum absolute atomic E-state index is 13.1. The van der Waals surface area contributed by atoms with Crippen LogP contribution in [0.1, 0.15) is 63.9 Å². The maximum atomic E-state index is 13.1. The van der Waals surface area contributed by atoms with E-state index < -0.39 is 0 Å². The van der Waals surface area contributed by atoms with E-state index in [1.807, 2.05) is 13.8 Å². The molecule has 2 aromatic heterocycles. The van der Waals surface area contributed by atoms with Crippen LogP contribution in [0.25, 0.3) is 0 Å². The van der Waals surface area contributed by atoms with Crippen LogP contribution in [-0.2, 0) is 12.8 Å². The molecule has 2 aromatic rings. The number of H-pyrrole nitrogens is 1. The number of aryl methyl sites for hydroxylation is 4. The minimum Gasteiger partial charge on any atom is -0.361 e. The third-order valence-corrected chi connectivity index (χ3v) is 5.25. The van der Waals surface area contributed by atoms with Gasteiger partial charge in [0.1, 0.15) is 11.3 Å². The molecule has 0 radical (unpaired) electrons. The highest BCUT2D eigenvalue weighted by molar-refractivity contribution is 5.94. The molecule has 1 unspecified atom stereocenters. The zero-order valence-corrected chi connectivity index (χ0v) is 14.0. The predicted octanol–water partition coefficient (Wildman–Crippen LogP) is 2.45. The van der Waals surface area contributed by atoms with E-state index in [1.165, 1.54) is 0 Å². The molecule has 1 atom stereocenters. The van der Waals surface area contributed by atoms with Crippen molar-refractivity contribution in [1.29, 1.82) is 0 Å². The van der Waals surface area contributed by atoms with Crippen molar-refractivity contribution in [3.05, 3.63) is 50.3 Å². The predicted molar refractivity (Wildman–Crippen MR) is 88.1 cm³/mol. The number of carbonyl (C=O) groups excluding carboxylic acids is 1. The maximum Gasteiger partial charge on any atom is 0.261 e. The molecule has 1 saturated heterocycles. The number of amides is 1. The topological polar surface area (TPSA) is 79.2 Å². The molecular weight excluding hydrogens is 306 g/mol. The van der Waals surface area contributed by atoms with Gasteiger partial charge in [-0.2, -0.15) is 0 Å². The lowest BCUT2D eigenvalue weighted by Crippen LogP contribution is -2.35. The number of hydrogen-bond acceptors (Lipinski definition) is 4. The van der Waals surface area contributed by atoms with Gasteiger partial charge in [0.25, 0.3) is 11.5 Å². The van der Waals surface area contributed by atoms with Crippen LogP contribution in [0.15, 0.2) is 15.4 Å². The van der Waals surface area contributed by atoms with Gasteiger partial charge in [0, 0.05) is 17.8 Å². The number of fused-ring (bicyclic) bond motifs is 1. The molecule has 6 nitrogen and oxygen atoms in total. The minimum atomic E-state index is -0.273. The Kier molecular flexibility index (Phi) is 3.55. The SMILES string of the molecule is Cc1noc(C)c1C1CCCN1C(=O)c1cc2c([nH]c1=O)CCC2. The normalized spacial score (nSPS) is 19.8. The molecule has 0 saturated carbocycles. The molecule has 6 heteroatoms. The molecule has 126 valence electrons. The average molecular weight is 327 g/mol. The fraction of sp³-hybridized carbons (Fsp3) is 0.500. The van der Waals surface area contributed by atoms with Crippen LogP contribution >= 0.6 is 0 Å². The first-order valence-corrected chi connectivity index (χ1v) is 8.55. The molecular formula is C18H21N3O3. The molecule has 4 rings (SSSR count). The lowest BCUT2D eigenvalue weighted by molar-refractivity contribution is 0.0732. The molecule has 0 spiro atoms. The summed E-state index contributed by atoms with van der Waals surface area (Å²) in [5, 5.41) is 4.01. The van der Waals surface area contributed by atoms with Crippen LogP contribution in [0.4, 0.5) is 0 Å². The van der Waals surface area contributed by atoms with E-state index in [0.29, 0.717) is 6.54 Å². The number of carbonyl (C=O) groups is 1. The van der Waals surface area contributed by atoms with Crippen LogP contribution in [0.2, 0.25) is 0 Å². The van der Waals surface area contributed by atoms with Crippen molar-refractivity contribution in [3.63, 3.8) is 0 Å². The van der Waals surface area contributed by atoms with Gasteiger partial charge in [-0.05, 0) is 57.6 Å². The monoisotopic (exact) mass is 327 g/mol. The highest BCUT2D eigenvalue weighted by Gasteiger charge is 2.35. The number of pyridine rings is 1. The van der Waals surface area contributed by atoms with Gasteiger partial charge in [0.05, 0.1) is 11.7 Å². The van der Waals surface area contributed by atoms with Crippen molar-refractivity contribution < 1.29 is 9.32 Å². The van der Waals surface area contributed by atoms with Gasteiger partial charge >= 0.3 is 0 Å². The fourth-order valence-corrected chi connectivity index (χ4v) is 4.10. The molecule has 1 aliphatic heterocycles. The summed E-state index contributed by atoms with van der Waals surface area (Å²) in [6.45, 7) is 4.43. The highest BCUT2D eigenvalue weighted by Crippen LogP contribution is 2.36. The summed E-state index contributed by atoms with van der Waals surface area (Å²) < 4.78 is 5.27. The second-order valence-electron chi connectivity index (χ2n) is 6.76. The number of rotatable bonds is 2. The summed E-state index contributed by atoms with van der Waals surface area (Å²) in [7, 11) is 0. The Morgan fingerprint density at radius 1 is 1.33 bits per heavy atom. The number of likely N-dealkylation sites (tertiary alicyclic amines) is 1. The standard InChI is InChI=1S/C18H21N3O3/c1-10-16(11(2)24-20-10)15-7-4-8-21(15)18(23)13-9-12-5-3-6-14(12)19-17(13)22/h9,15H,3-8H2,1-2H3,(H,19,22). The van der Waals surface area contributed by atoms with Crippen LogP contribution in [0.3, 0.4) is 0 Å². The van der Waals surface area contributed by atoms with Gasteiger partial charge < -0.3 is 14.4 Å². The quantitative estimate of drug-likeness (QED) is 0.919. The van der Waals surface area contributed by atoms with Crippen molar-refractivity contribution in [2.45, 2.75) is 52.0 Å². The Morgan fingerprint density at radius 3 is 2.92 bits per heavy atom. The Morgan fingerprint density at radius 2 is 2.17 bits per heavy atom. The molecule has 1 amide bonds. The second kappa shape index (κ2) is 5.61. The highest BCUT2D eigenvalue weighted by atomic mass is 16.5. The number of aromatic amines is 1. The van der Waals surface area contributed by atoms with Crippen molar-refractivity contribution in [3.8, 4) is 0 Å². The third-order valence-electron chi connectivity index (χ3n) is 5.25. The largest absolute Gasteiger partial charge is 0.361 e. The van der Waals surface area contributed by atoms with Gasteiger partial charge in [0.2, 0.25) is 0 Å². The summed E-state index contributed by atoms with van der Waals surface area (Å²) in [6.07, 6.45) is 4.65. The van der Waals surface area contributed by atoms with Crippen molar-refractivity contribution in [2.24, 2.45) is 0 Å². The average Bonchev–Trinajstić information content (AvgIpc) is 3.26. The first-order chi connectivity index (χ1) is 11.6. The Hall–Kier alpha value is -2.37. The lowest BCUT2D eigenvalue weighted by Gasteiger charge is -2.24. The number of aromatic nitrogens is 2. The van der Waals surface area contributed by atoms with Gasteiger partial charge in [-0.25, -0.2) is 0 Å². The Labute approximate surface area is 139 Å². The molecule has 2 aliphatic rings. The third kappa shape index (κ3) is 2.28. The first kappa shape index (κ1) is 15.2. The van der Waals surface area contributed by atoms with Crippen molar-refractivity contribution >= 4 is 5.91 Å². The van der Waals surface area contributed by atoms with Gasteiger partial charge in [-0.3, -0.25) is 9.59 Å². The lowest BCUT2D eigenvalue weighted by atomic mass is 10.0. The van der Waals surface area contributed by atoms with Crippen LogP contribution in [0, 0.1) is 13.8 Å². The molecule has 1 N–H and O–H groups in total. The van der Waals surface area contributed by atoms with Crippen LogP contribution in [-0.4, -0.2) is 27.5 Å². The summed E-state index contributed by atoms with van der Waals surface area (Å²) in [6, 6.07) is 1.74. The van der Waals surface area contributed by atoms with E-state index in [1.54, 1.807) is 11.0 Å².